The molecule has 0 aromatic carbocycles. The van der Waals surface area contributed by atoms with Crippen molar-refractivity contribution in [3.63, 3.8) is 0 Å². The van der Waals surface area contributed by atoms with Crippen LogP contribution >= 0.6 is 15.9 Å². The quantitative estimate of drug-likeness (QED) is 0.747. The highest BCUT2D eigenvalue weighted by Gasteiger charge is 2.13. The van der Waals surface area contributed by atoms with E-state index in [0.717, 1.165) is 6.42 Å². The van der Waals surface area contributed by atoms with Crippen LogP contribution < -0.4 is 5.32 Å². The van der Waals surface area contributed by atoms with Crippen LogP contribution in [0.1, 0.15) is 40.5 Å². The first-order valence-corrected chi connectivity index (χ1v) is 5.83. The van der Waals surface area contributed by atoms with E-state index in [-0.39, 0.29) is 16.8 Å². The number of carbonyl (C=O) groups excluding carboxylic acids is 1. The Morgan fingerprint density at radius 1 is 1.38 bits per heavy atom. The molecule has 0 spiro atoms. The van der Waals surface area contributed by atoms with E-state index in [0.29, 0.717) is 5.92 Å². The summed E-state index contributed by atoms with van der Waals surface area (Å²) >= 11 is 3.24. The van der Waals surface area contributed by atoms with E-state index >= 15 is 0 Å². The van der Waals surface area contributed by atoms with Gasteiger partial charge in [-0.25, -0.2) is 0 Å². The van der Waals surface area contributed by atoms with E-state index in [9.17, 15) is 4.79 Å². The normalized spacial score (nSPS) is 17.6. The fourth-order valence-corrected chi connectivity index (χ4v) is 1.32. The van der Waals surface area contributed by atoms with E-state index in [1.54, 1.807) is 0 Å². The maximum atomic E-state index is 11.3. The van der Waals surface area contributed by atoms with Crippen molar-refractivity contribution in [3.05, 3.63) is 0 Å². The molecule has 1 amide bonds. The average Bonchev–Trinajstić information content (AvgIpc) is 2.03. The lowest BCUT2D eigenvalue weighted by Gasteiger charge is -2.18. The molecule has 0 heterocycles. The molecule has 0 aliphatic heterocycles. The average molecular weight is 250 g/mol. The summed E-state index contributed by atoms with van der Waals surface area (Å²) in [6, 6.07) is 0.280. The number of hydrogen-bond donors (Lipinski definition) is 1. The highest BCUT2D eigenvalue weighted by Crippen LogP contribution is 2.09. The second-order valence-electron chi connectivity index (χ2n) is 3.77. The van der Waals surface area contributed by atoms with Crippen molar-refractivity contribution >= 4 is 21.8 Å². The zero-order chi connectivity index (χ0) is 10.4. The van der Waals surface area contributed by atoms with Crippen molar-refractivity contribution < 1.29 is 4.79 Å². The maximum absolute atomic E-state index is 11.3. The number of amides is 1. The van der Waals surface area contributed by atoms with Crippen LogP contribution in [-0.4, -0.2) is 16.8 Å². The van der Waals surface area contributed by atoms with Gasteiger partial charge >= 0.3 is 0 Å². The molecule has 0 rings (SSSR count). The minimum Gasteiger partial charge on any atom is -0.353 e. The van der Waals surface area contributed by atoms with Gasteiger partial charge in [-0.15, -0.1) is 0 Å². The van der Waals surface area contributed by atoms with Crippen molar-refractivity contribution in [2.45, 2.75) is 51.4 Å². The maximum Gasteiger partial charge on any atom is 0.233 e. The molecule has 0 bridgehead atoms. The summed E-state index contributed by atoms with van der Waals surface area (Å²) in [5, 5.41) is 2.96. The predicted octanol–water partition coefficient (Wildman–Crippen LogP) is 2.71. The Morgan fingerprint density at radius 2 is 1.92 bits per heavy atom. The monoisotopic (exact) mass is 249 g/mol. The van der Waals surface area contributed by atoms with Crippen LogP contribution in [0.4, 0.5) is 0 Å². The van der Waals surface area contributed by atoms with Crippen LogP contribution in [0.5, 0.6) is 0 Å². The van der Waals surface area contributed by atoms with Crippen molar-refractivity contribution in [1.29, 1.82) is 0 Å². The van der Waals surface area contributed by atoms with Crippen LogP contribution in [0.15, 0.2) is 0 Å². The molecule has 3 heteroatoms. The standard InChI is InChI=1S/C10H20BrNO/c1-5-7(2)6-8(3)12-10(13)9(4)11/h7-9H,5-6H2,1-4H3,(H,12,13). The Labute approximate surface area is 89.6 Å². The van der Waals surface area contributed by atoms with Gasteiger partial charge in [-0.1, -0.05) is 36.2 Å². The smallest absolute Gasteiger partial charge is 0.233 e. The van der Waals surface area contributed by atoms with Crippen molar-refractivity contribution in [3.8, 4) is 0 Å². The Kier molecular flexibility index (Phi) is 6.39. The second kappa shape index (κ2) is 6.41. The summed E-state index contributed by atoms with van der Waals surface area (Å²) in [5.74, 6) is 0.761. The number of hydrogen-bond acceptors (Lipinski definition) is 1. The minimum absolute atomic E-state index is 0.0794. The number of rotatable bonds is 5. The molecule has 0 aromatic rings. The summed E-state index contributed by atoms with van der Waals surface area (Å²) < 4.78 is 0. The van der Waals surface area contributed by atoms with Gasteiger partial charge in [0.2, 0.25) is 5.91 Å². The van der Waals surface area contributed by atoms with Gasteiger partial charge in [-0.2, -0.15) is 0 Å². The largest absolute Gasteiger partial charge is 0.353 e. The van der Waals surface area contributed by atoms with Crippen LogP contribution in [0.25, 0.3) is 0 Å². The van der Waals surface area contributed by atoms with Gasteiger partial charge in [0, 0.05) is 6.04 Å². The highest BCUT2D eigenvalue weighted by molar-refractivity contribution is 9.10. The molecule has 0 saturated carbocycles. The lowest BCUT2D eigenvalue weighted by atomic mass is 10.0. The molecule has 2 nitrogen and oxygen atoms in total. The predicted molar refractivity (Wildman–Crippen MR) is 60.1 cm³/mol. The molecule has 0 aliphatic rings. The lowest BCUT2D eigenvalue weighted by molar-refractivity contribution is -0.120. The summed E-state index contributed by atoms with van der Waals surface area (Å²) in [5.41, 5.74) is 0. The van der Waals surface area contributed by atoms with E-state index in [1.807, 2.05) is 6.92 Å². The molecule has 0 radical (unpaired) electrons. The molecule has 78 valence electrons. The third-order valence-corrected chi connectivity index (χ3v) is 2.62. The van der Waals surface area contributed by atoms with Gasteiger partial charge in [0.1, 0.15) is 0 Å². The third-order valence-electron chi connectivity index (χ3n) is 2.20. The van der Waals surface area contributed by atoms with Crippen LogP contribution in [-0.2, 0) is 4.79 Å². The van der Waals surface area contributed by atoms with Gasteiger partial charge in [0.15, 0.2) is 0 Å². The lowest BCUT2D eigenvalue weighted by Crippen LogP contribution is -2.37. The van der Waals surface area contributed by atoms with E-state index in [2.05, 4.69) is 42.0 Å². The second-order valence-corrected chi connectivity index (χ2v) is 5.15. The molecular weight excluding hydrogens is 230 g/mol. The fraction of sp³-hybridized carbons (Fsp3) is 0.900. The molecule has 13 heavy (non-hydrogen) atoms. The fourth-order valence-electron chi connectivity index (χ4n) is 1.19. The van der Waals surface area contributed by atoms with Gasteiger partial charge in [-0.05, 0) is 26.2 Å². The topological polar surface area (TPSA) is 29.1 Å². The van der Waals surface area contributed by atoms with E-state index in [4.69, 9.17) is 0 Å². The SMILES string of the molecule is CCC(C)CC(C)NC(=O)C(C)Br. The summed E-state index contributed by atoms with van der Waals surface area (Å²) in [6.07, 6.45) is 2.23. The zero-order valence-electron chi connectivity index (χ0n) is 8.93. The molecule has 3 unspecified atom stereocenters. The first-order valence-electron chi connectivity index (χ1n) is 4.91. The van der Waals surface area contributed by atoms with Crippen molar-refractivity contribution in [2.75, 3.05) is 0 Å². The Morgan fingerprint density at radius 3 is 2.31 bits per heavy atom. The molecule has 1 N–H and O–H groups in total. The molecule has 3 atom stereocenters. The van der Waals surface area contributed by atoms with Crippen molar-refractivity contribution in [1.82, 2.24) is 5.32 Å². The summed E-state index contributed by atoms with van der Waals surface area (Å²) in [4.78, 5) is 11.2. The molecular formula is C10H20BrNO. The Bertz CT molecular complexity index is 159. The van der Waals surface area contributed by atoms with E-state index < -0.39 is 0 Å². The first kappa shape index (κ1) is 12.9. The number of halogens is 1. The van der Waals surface area contributed by atoms with Gasteiger partial charge < -0.3 is 5.32 Å². The first-order chi connectivity index (χ1) is 5.97. The number of alkyl halides is 1. The van der Waals surface area contributed by atoms with Crippen LogP contribution in [0.3, 0.4) is 0 Å². The molecule has 0 fully saturated rings. The van der Waals surface area contributed by atoms with Crippen LogP contribution in [0.2, 0.25) is 0 Å². The zero-order valence-corrected chi connectivity index (χ0v) is 10.5. The van der Waals surface area contributed by atoms with Gasteiger partial charge in [0.05, 0.1) is 4.83 Å². The van der Waals surface area contributed by atoms with Gasteiger partial charge in [0.25, 0.3) is 0 Å². The minimum atomic E-state index is -0.0908. The van der Waals surface area contributed by atoms with Crippen LogP contribution in [0, 0.1) is 5.92 Å². The number of nitrogens with one attached hydrogen (secondary N) is 1. The Hall–Kier alpha value is -0.0500. The molecule has 0 aliphatic carbocycles. The number of carbonyl (C=O) groups is 1. The molecule has 0 saturated heterocycles. The molecule has 0 aromatic heterocycles. The van der Waals surface area contributed by atoms with Gasteiger partial charge in [-0.3, -0.25) is 4.79 Å². The third kappa shape index (κ3) is 6.08. The summed E-state index contributed by atoms with van der Waals surface area (Å²) in [7, 11) is 0. The highest BCUT2D eigenvalue weighted by atomic mass is 79.9. The summed E-state index contributed by atoms with van der Waals surface area (Å²) in [6.45, 7) is 8.28. The Balaban J connectivity index is 3.74. The van der Waals surface area contributed by atoms with E-state index in [1.165, 1.54) is 6.42 Å². The van der Waals surface area contributed by atoms with Crippen molar-refractivity contribution in [2.24, 2.45) is 5.92 Å².